The van der Waals surface area contributed by atoms with Crippen molar-refractivity contribution < 1.29 is 9.53 Å². The number of hydrogen-bond acceptors (Lipinski definition) is 3. The molecule has 0 unspecified atom stereocenters. The maximum Gasteiger partial charge on any atom is 0.408 e. The number of carbonyl (C=O) groups excluding carboxylic acids is 1. The fourth-order valence-corrected chi connectivity index (χ4v) is 2.56. The highest BCUT2D eigenvalue weighted by molar-refractivity contribution is 5.69. The number of amides is 1. The molecule has 1 fully saturated rings. The Morgan fingerprint density at radius 1 is 1.37 bits per heavy atom. The average Bonchev–Trinajstić information content (AvgIpc) is 2.26. The van der Waals surface area contributed by atoms with E-state index >= 15 is 0 Å². The molecule has 1 N–H and O–H groups in total. The van der Waals surface area contributed by atoms with Gasteiger partial charge in [-0.2, -0.15) is 5.26 Å². The molecule has 4 nitrogen and oxygen atoms in total. The van der Waals surface area contributed by atoms with Crippen molar-refractivity contribution in [2.75, 3.05) is 0 Å². The molecule has 1 aliphatic rings. The van der Waals surface area contributed by atoms with E-state index in [9.17, 15) is 10.1 Å². The van der Waals surface area contributed by atoms with E-state index in [1.807, 2.05) is 20.8 Å². The van der Waals surface area contributed by atoms with Gasteiger partial charge < -0.3 is 10.1 Å². The van der Waals surface area contributed by atoms with Crippen molar-refractivity contribution in [1.82, 2.24) is 5.32 Å². The summed E-state index contributed by atoms with van der Waals surface area (Å²) in [6, 6.07) is 2.28. The molecular weight excluding hydrogens is 240 g/mol. The van der Waals surface area contributed by atoms with E-state index in [0.717, 1.165) is 12.8 Å². The number of alkyl carbamates (subject to hydrolysis) is 1. The highest BCUT2D eigenvalue weighted by Gasteiger charge is 2.38. The van der Waals surface area contributed by atoms with Gasteiger partial charge in [0.25, 0.3) is 0 Å². The third kappa shape index (κ3) is 4.74. The number of hydrogen-bond donors (Lipinski definition) is 1. The minimum atomic E-state index is -0.742. The molecule has 0 atom stereocenters. The highest BCUT2D eigenvalue weighted by Crippen LogP contribution is 2.35. The van der Waals surface area contributed by atoms with Crippen molar-refractivity contribution in [2.24, 2.45) is 11.8 Å². The Hall–Kier alpha value is -1.24. The van der Waals surface area contributed by atoms with Gasteiger partial charge in [-0.25, -0.2) is 4.79 Å². The lowest BCUT2D eigenvalue weighted by molar-refractivity contribution is 0.0446. The SMILES string of the molecule is CC(C)C1CCC(C#N)(NC(=O)OC(C)(C)C)CC1. The monoisotopic (exact) mass is 266 g/mol. The van der Waals surface area contributed by atoms with E-state index in [0.29, 0.717) is 24.7 Å². The molecule has 19 heavy (non-hydrogen) atoms. The molecule has 0 aliphatic heterocycles. The summed E-state index contributed by atoms with van der Waals surface area (Å²) >= 11 is 0. The smallest absolute Gasteiger partial charge is 0.408 e. The van der Waals surface area contributed by atoms with E-state index < -0.39 is 17.2 Å². The van der Waals surface area contributed by atoms with Gasteiger partial charge in [0, 0.05) is 0 Å². The summed E-state index contributed by atoms with van der Waals surface area (Å²) in [7, 11) is 0. The molecule has 4 heteroatoms. The Balaban J connectivity index is 2.60. The van der Waals surface area contributed by atoms with Crippen LogP contribution >= 0.6 is 0 Å². The molecule has 1 saturated carbocycles. The van der Waals surface area contributed by atoms with Gasteiger partial charge in [-0.05, 0) is 58.3 Å². The van der Waals surface area contributed by atoms with E-state index in [4.69, 9.17) is 4.74 Å². The van der Waals surface area contributed by atoms with Gasteiger partial charge in [0.2, 0.25) is 0 Å². The second kappa shape index (κ2) is 5.81. The summed E-state index contributed by atoms with van der Waals surface area (Å²) in [6.45, 7) is 9.89. The molecule has 0 radical (unpaired) electrons. The number of nitrogens with one attached hydrogen (secondary N) is 1. The Kier molecular flexibility index (Phi) is 4.84. The molecule has 1 aliphatic carbocycles. The lowest BCUT2D eigenvalue weighted by atomic mass is 9.73. The summed E-state index contributed by atoms with van der Waals surface area (Å²) < 4.78 is 5.24. The first-order valence-corrected chi connectivity index (χ1v) is 7.10. The van der Waals surface area contributed by atoms with Crippen LogP contribution in [0.2, 0.25) is 0 Å². The first-order valence-electron chi connectivity index (χ1n) is 7.10. The Labute approximate surface area is 116 Å². The Morgan fingerprint density at radius 3 is 2.26 bits per heavy atom. The molecule has 0 spiro atoms. The van der Waals surface area contributed by atoms with Crippen molar-refractivity contribution in [3.8, 4) is 6.07 Å². The van der Waals surface area contributed by atoms with E-state index in [2.05, 4.69) is 25.2 Å². The van der Waals surface area contributed by atoms with Gasteiger partial charge in [0.1, 0.15) is 11.1 Å². The van der Waals surface area contributed by atoms with E-state index in [-0.39, 0.29) is 0 Å². The number of rotatable bonds is 2. The predicted octanol–water partition coefficient (Wildman–Crippen LogP) is 3.62. The standard InChI is InChI=1S/C15H26N2O2/c1-11(2)12-6-8-15(10-16,9-7-12)17-13(18)19-14(3,4)5/h11-12H,6-9H2,1-5H3,(H,17,18). The second-order valence-corrected chi connectivity index (χ2v) is 6.90. The molecule has 0 bridgehead atoms. The van der Waals surface area contributed by atoms with Gasteiger partial charge in [0.05, 0.1) is 6.07 Å². The van der Waals surface area contributed by atoms with Crippen molar-refractivity contribution in [3.05, 3.63) is 0 Å². The van der Waals surface area contributed by atoms with Crippen molar-refractivity contribution >= 4 is 6.09 Å². The fraction of sp³-hybridized carbons (Fsp3) is 0.867. The average molecular weight is 266 g/mol. The lowest BCUT2D eigenvalue weighted by Gasteiger charge is -2.37. The maximum absolute atomic E-state index is 11.8. The summed E-state index contributed by atoms with van der Waals surface area (Å²) in [6.07, 6.45) is 2.91. The topological polar surface area (TPSA) is 62.1 Å². The van der Waals surface area contributed by atoms with Crippen LogP contribution in [0.4, 0.5) is 4.79 Å². The van der Waals surface area contributed by atoms with E-state index in [1.165, 1.54) is 0 Å². The quantitative estimate of drug-likeness (QED) is 0.830. The van der Waals surface area contributed by atoms with Gasteiger partial charge in [-0.15, -0.1) is 0 Å². The van der Waals surface area contributed by atoms with Crippen LogP contribution in [0.25, 0.3) is 0 Å². The maximum atomic E-state index is 11.8. The molecular formula is C15H26N2O2. The van der Waals surface area contributed by atoms with Crippen molar-refractivity contribution in [3.63, 3.8) is 0 Å². The third-order valence-corrected chi connectivity index (χ3v) is 3.78. The molecule has 0 saturated heterocycles. The summed E-state index contributed by atoms with van der Waals surface area (Å²) in [5, 5.41) is 12.2. The van der Waals surface area contributed by atoms with Crippen LogP contribution < -0.4 is 5.32 Å². The van der Waals surface area contributed by atoms with Crippen LogP contribution in [-0.2, 0) is 4.74 Å². The van der Waals surface area contributed by atoms with Crippen LogP contribution in [0.3, 0.4) is 0 Å². The van der Waals surface area contributed by atoms with E-state index in [1.54, 1.807) is 0 Å². The van der Waals surface area contributed by atoms with Gasteiger partial charge in [-0.3, -0.25) is 0 Å². The predicted molar refractivity (Wildman–Crippen MR) is 74.5 cm³/mol. The number of ether oxygens (including phenoxy) is 1. The zero-order chi connectivity index (χ0) is 14.7. The second-order valence-electron chi connectivity index (χ2n) is 6.90. The molecule has 1 amide bonds. The number of carbonyl (C=O) groups is 1. The Morgan fingerprint density at radius 2 is 1.89 bits per heavy atom. The molecule has 108 valence electrons. The largest absolute Gasteiger partial charge is 0.444 e. The van der Waals surface area contributed by atoms with Gasteiger partial charge in [0.15, 0.2) is 0 Å². The highest BCUT2D eigenvalue weighted by atomic mass is 16.6. The minimum Gasteiger partial charge on any atom is -0.444 e. The summed E-state index contributed by atoms with van der Waals surface area (Å²) in [5.41, 5.74) is -1.27. The zero-order valence-electron chi connectivity index (χ0n) is 12.7. The van der Waals surface area contributed by atoms with Crippen LogP contribution in [0.5, 0.6) is 0 Å². The summed E-state index contributed by atoms with van der Waals surface area (Å²) in [5.74, 6) is 1.29. The number of nitriles is 1. The van der Waals surface area contributed by atoms with Crippen LogP contribution in [0.15, 0.2) is 0 Å². The normalized spacial score (nSPS) is 27.7. The molecule has 1 rings (SSSR count). The number of nitrogens with zero attached hydrogens (tertiary/aromatic N) is 1. The zero-order valence-corrected chi connectivity index (χ0v) is 12.7. The van der Waals surface area contributed by atoms with Crippen LogP contribution in [0.1, 0.15) is 60.3 Å². The third-order valence-electron chi connectivity index (χ3n) is 3.78. The molecule has 0 aromatic heterocycles. The minimum absolute atomic E-state index is 0.489. The summed E-state index contributed by atoms with van der Waals surface area (Å²) in [4.78, 5) is 11.8. The van der Waals surface area contributed by atoms with Crippen LogP contribution in [-0.4, -0.2) is 17.2 Å². The lowest BCUT2D eigenvalue weighted by Crippen LogP contribution is -2.51. The van der Waals surface area contributed by atoms with Gasteiger partial charge >= 0.3 is 6.09 Å². The first kappa shape index (κ1) is 15.8. The van der Waals surface area contributed by atoms with Gasteiger partial charge in [-0.1, -0.05) is 13.8 Å². The molecule has 0 aromatic carbocycles. The molecule has 0 aromatic rings. The van der Waals surface area contributed by atoms with Crippen LogP contribution in [0, 0.1) is 23.2 Å². The Bertz CT molecular complexity index is 355. The first-order chi connectivity index (χ1) is 8.67. The molecule has 0 heterocycles. The van der Waals surface area contributed by atoms with Crippen molar-refractivity contribution in [1.29, 1.82) is 5.26 Å². The van der Waals surface area contributed by atoms with Crippen molar-refractivity contribution in [2.45, 2.75) is 71.4 Å². The fourth-order valence-electron chi connectivity index (χ4n) is 2.56.